The molecular weight excluding hydrogens is 312 g/mol. The van der Waals surface area contributed by atoms with Crippen LogP contribution in [0, 0.1) is 10.1 Å². The maximum atomic E-state index is 11.2. The first kappa shape index (κ1) is 15.7. The van der Waals surface area contributed by atoms with Crippen molar-refractivity contribution in [3.63, 3.8) is 0 Å². The van der Waals surface area contributed by atoms with Crippen LogP contribution in [-0.2, 0) is 0 Å². The zero-order valence-electron chi connectivity index (χ0n) is 12.9. The minimum Gasteiger partial charge on any atom is -0.394 e. The summed E-state index contributed by atoms with van der Waals surface area (Å²) in [4.78, 5) is 15.0. The zero-order valence-corrected chi connectivity index (χ0v) is 12.9. The first-order valence-corrected chi connectivity index (χ1v) is 7.30. The molecule has 0 radical (unpaired) electrons. The SMILES string of the molecule is CC(CO)Nc1ccc([N+](=O)[O-])c(Nc2ccc3cn[nH]c3c2)n1. The van der Waals surface area contributed by atoms with E-state index in [1.165, 1.54) is 12.1 Å². The molecule has 0 aliphatic heterocycles. The van der Waals surface area contributed by atoms with Crippen molar-refractivity contribution in [3.05, 3.63) is 46.6 Å². The first-order chi connectivity index (χ1) is 11.6. The zero-order chi connectivity index (χ0) is 17.1. The molecule has 3 rings (SSSR count). The quantitative estimate of drug-likeness (QED) is 0.404. The number of aromatic nitrogens is 3. The average Bonchev–Trinajstić information content (AvgIpc) is 3.02. The van der Waals surface area contributed by atoms with Gasteiger partial charge in [-0.3, -0.25) is 15.2 Å². The second-order valence-electron chi connectivity index (χ2n) is 5.35. The standard InChI is InChI=1S/C15H16N6O3/c1-9(8-22)17-14-5-4-13(21(23)24)15(19-14)18-11-3-2-10-7-16-20-12(10)6-11/h2-7,9,22H,8H2,1H3,(H,16,20)(H2,17,18,19). The average molecular weight is 328 g/mol. The number of rotatable bonds is 6. The second kappa shape index (κ2) is 6.50. The van der Waals surface area contributed by atoms with E-state index in [4.69, 9.17) is 5.11 Å². The lowest BCUT2D eigenvalue weighted by Gasteiger charge is -2.13. The molecule has 9 nitrogen and oxygen atoms in total. The highest BCUT2D eigenvalue weighted by Crippen LogP contribution is 2.28. The van der Waals surface area contributed by atoms with Gasteiger partial charge in [-0.15, -0.1) is 0 Å². The van der Waals surface area contributed by atoms with Gasteiger partial charge < -0.3 is 15.7 Å². The number of anilines is 3. The molecule has 24 heavy (non-hydrogen) atoms. The van der Waals surface area contributed by atoms with E-state index in [9.17, 15) is 10.1 Å². The van der Waals surface area contributed by atoms with Crippen LogP contribution in [0.25, 0.3) is 10.9 Å². The molecule has 0 aliphatic carbocycles. The molecule has 2 heterocycles. The van der Waals surface area contributed by atoms with E-state index in [1.54, 1.807) is 25.3 Å². The molecule has 4 N–H and O–H groups in total. The number of aliphatic hydroxyl groups is 1. The maximum Gasteiger partial charge on any atom is 0.311 e. The van der Waals surface area contributed by atoms with Crippen molar-refractivity contribution >= 4 is 33.9 Å². The maximum absolute atomic E-state index is 11.2. The number of nitrogens with zero attached hydrogens (tertiary/aromatic N) is 3. The minimum absolute atomic E-state index is 0.0715. The van der Waals surface area contributed by atoms with E-state index in [0.717, 1.165) is 10.9 Å². The Balaban J connectivity index is 1.93. The minimum atomic E-state index is -0.497. The van der Waals surface area contributed by atoms with Crippen molar-refractivity contribution in [2.24, 2.45) is 0 Å². The Morgan fingerprint density at radius 3 is 2.96 bits per heavy atom. The van der Waals surface area contributed by atoms with Gasteiger partial charge in [-0.25, -0.2) is 4.98 Å². The van der Waals surface area contributed by atoms with Crippen molar-refractivity contribution in [1.82, 2.24) is 15.2 Å². The summed E-state index contributed by atoms with van der Waals surface area (Å²) < 4.78 is 0. The molecule has 124 valence electrons. The van der Waals surface area contributed by atoms with Gasteiger partial charge in [-0.1, -0.05) is 0 Å². The number of aliphatic hydroxyl groups excluding tert-OH is 1. The van der Waals surface area contributed by atoms with Crippen molar-refractivity contribution in [1.29, 1.82) is 0 Å². The van der Waals surface area contributed by atoms with Gasteiger partial charge in [0.1, 0.15) is 5.82 Å². The molecule has 1 atom stereocenters. The molecule has 2 aromatic heterocycles. The molecule has 0 amide bonds. The number of H-pyrrole nitrogens is 1. The summed E-state index contributed by atoms with van der Waals surface area (Å²) in [6, 6.07) is 8.10. The first-order valence-electron chi connectivity index (χ1n) is 7.30. The van der Waals surface area contributed by atoms with Crippen LogP contribution in [0.4, 0.5) is 23.0 Å². The third-order valence-corrected chi connectivity index (χ3v) is 3.44. The number of nitrogens with one attached hydrogen (secondary N) is 3. The third kappa shape index (κ3) is 3.25. The molecule has 1 aromatic carbocycles. The number of pyridine rings is 1. The van der Waals surface area contributed by atoms with Gasteiger partial charge in [0.15, 0.2) is 0 Å². The molecular formula is C15H16N6O3. The fraction of sp³-hybridized carbons (Fsp3) is 0.200. The molecule has 0 spiro atoms. The Hall–Kier alpha value is -3.20. The number of hydrogen-bond donors (Lipinski definition) is 4. The van der Waals surface area contributed by atoms with E-state index in [0.29, 0.717) is 11.5 Å². The predicted molar refractivity (Wildman–Crippen MR) is 90.4 cm³/mol. The van der Waals surface area contributed by atoms with Gasteiger partial charge in [0.05, 0.1) is 23.2 Å². The summed E-state index contributed by atoms with van der Waals surface area (Å²) in [6.07, 6.45) is 1.70. The fourth-order valence-electron chi connectivity index (χ4n) is 2.22. The molecule has 0 saturated carbocycles. The van der Waals surface area contributed by atoms with Gasteiger partial charge in [0.25, 0.3) is 0 Å². The third-order valence-electron chi connectivity index (χ3n) is 3.44. The normalized spacial score (nSPS) is 12.1. The van der Waals surface area contributed by atoms with Crippen LogP contribution in [0.5, 0.6) is 0 Å². The monoisotopic (exact) mass is 328 g/mol. The number of aromatic amines is 1. The summed E-state index contributed by atoms with van der Waals surface area (Å²) in [6.45, 7) is 1.71. The molecule has 0 bridgehead atoms. The lowest BCUT2D eigenvalue weighted by atomic mass is 10.2. The molecule has 9 heteroatoms. The number of benzene rings is 1. The topological polar surface area (TPSA) is 129 Å². The van der Waals surface area contributed by atoms with Crippen LogP contribution in [0.1, 0.15) is 6.92 Å². The summed E-state index contributed by atoms with van der Waals surface area (Å²) in [7, 11) is 0. The summed E-state index contributed by atoms with van der Waals surface area (Å²) in [5, 5.41) is 34.0. The van der Waals surface area contributed by atoms with Gasteiger partial charge in [0.2, 0.25) is 5.82 Å². The highest BCUT2D eigenvalue weighted by atomic mass is 16.6. The Morgan fingerprint density at radius 2 is 2.21 bits per heavy atom. The summed E-state index contributed by atoms with van der Waals surface area (Å²) in [5.74, 6) is 0.557. The number of nitro groups is 1. The molecule has 0 saturated heterocycles. The van der Waals surface area contributed by atoms with Gasteiger partial charge in [-0.2, -0.15) is 5.10 Å². The predicted octanol–water partition coefficient (Wildman–Crippen LogP) is 2.40. The highest BCUT2D eigenvalue weighted by molar-refractivity contribution is 5.83. The summed E-state index contributed by atoms with van der Waals surface area (Å²) >= 11 is 0. The van der Waals surface area contributed by atoms with Crippen LogP contribution < -0.4 is 10.6 Å². The number of fused-ring (bicyclic) bond motifs is 1. The summed E-state index contributed by atoms with van der Waals surface area (Å²) in [5.41, 5.74) is 1.32. The van der Waals surface area contributed by atoms with E-state index in [1.807, 2.05) is 6.07 Å². The number of hydrogen-bond acceptors (Lipinski definition) is 7. The lowest BCUT2D eigenvalue weighted by molar-refractivity contribution is -0.384. The Bertz CT molecular complexity index is 879. The van der Waals surface area contributed by atoms with Gasteiger partial charge >= 0.3 is 5.69 Å². The molecule has 0 fully saturated rings. The molecule has 0 aliphatic rings. The van der Waals surface area contributed by atoms with E-state index in [-0.39, 0.29) is 24.2 Å². The molecule has 1 unspecified atom stereocenters. The van der Waals surface area contributed by atoms with E-state index in [2.05, 4.69) is 25.8 Å². The Labute approximate surface area is 136 Å². The molecule has 3 aromatic rings. The van der Waals surface area contributed by atoms with Gasteiger partial charge in [-0.05, 0) is 31.2 Å². The van der Waals surface area contributed by atoms with E-state index >= 15 is 0 Å². The van der Waals surface area contributed by atoms with Crippen molar-refractivity contribution in [2.45, 2.75) is 13.0 Å². The van der Waals surface area contributed by atoms with Crippen LogP contribution in [0.15, 0.2) is 36.5 Å². The fourth-order valence-corrected chi connectivity index (χ4v) is 2.22. The van der Waals surface area contributed by atoms with Crippen molar-refractivity contribution < 1.29 is 10.0 Å². The van der Waals surface area contributed by atoms with Crippen LogP contribution in [0.3, 0.4) is 0 Å². The Morgan fingerprint density at radius 1 is 1.38 bits per heavy atom. The van der Waals surface area contributed by atoms with Crippen LogP contribution >= 0.6 is 0 Å². The van der Waals surface area contributed by atoms with Crippen molar-refractivity contribution in [3.8, 4) is 0 Å². The van der Waals surface area contributed by atoms with Crippen LogP contribution in [-0.4, -0.2) is 37.9 Å². The van der Waals surface area contributed by atoms with Gasteiger partial charge in [0, 0.05) is 23.2 Å². The largest absolute Gasteiger partial charge is 0.394 e. The second-order valence-corrected chi connectivity index (χ2v) is 5.35. The highest BCUT2D eigenvalue weighted by Gasteiger charge is 2.17. The Kier molecular flexibility index (Phi) is 4.25. The smallest absolute Gasteiger partial charge is 0.311 e. The van der Waals surface area contributed by atoms with Crippen molar-refractivity contribution in [2.75, 3.05) is 17.2 Å². The van der Waals surface area contributed by atoms with E-state index < -0.39 is 4.92 Å². The lowest BCUT2D eigenvalue weighted by Crippen LogP contribution is -2.20. The van der Waals surface area contributed by atoms with Crippen LogP contribution in [0.2, 0.25) is 0 Å².